The molecule has 6 nitrogen and oxygen atoms in total. The molecule has 2 heterocycles. The van der Waals surface area contributed by atoms with Crippen molar-refractivity contribution in [3.8, 4) is 0 Å². The fourth-order valence-electron chi connectivity index (χ4n) is 2.22. The number of hydrogen-bond donors (Lipinski definition) is 0. The standard InChI is InChI=1S/C11H14N3O3/c1-12-9(14-5-3-4-6-14)8(7-15)10(16)13(2)11(12)17/h3-6H2,1-2H3/q+1. The Balaban J connectivity index is 2.55. The number of carbonyl (C=O) groups excluding carboxylic acids is 3. The van der Waals surface area contributed by atoms with E-state index in [9.17, 15) is 14.4 Å². The van der Waals surface area contributed by atoms with E-state index in [4.69, 9.17) is 0 Å². The van der Waals surface area contributed by atoms with Crippen LogP contribution < -0.4 is 0 Å². The molecular weight excluding hydrogens is 222 g/mol. The zero-order chi connectivity index (χ0) is 12.6. The highest BCUT2D eigenvalue weighted by molar-refractivity contribution is 6.32. The fraction of sp³-hybridized carbons (Fsp3) is 0.545. The molecule has 2 aliphatic rings. The van der Waals surface area contributed by atoms with Crippen LogP contribution in [0.3, 0.4) is 0 Å². The molecule has 0 radical (unpaired) electrons. The first kappa shape index (κ1) is 11.5. The first-order chi connectivity index (χ1) is 8.07. The van der Waals surface area contributed by atoms with Gasteiger partial charge in [-0.2, -0.15) is 4.90 Å². The molecule has 0 aliphatic carbocycles. The molecule has 2 saturated heterocycles. The van der Waals surface area contributed by atoms with E-state index < -0.39 is 11.9 Å². The molecule has 3 amide bonds. The Kier molecular flexibility index (Phi) is 2.81. The summed E-state index contributed by atoms with van der Waals surface area (Å²) in [5.41, 5.74) is -0.0588. The second-order valence-corrected chi connectivity index (χ2v) is 4.20. The van der Waals surface area contributed by atoms with Crippen LogP contribution in [-0.4, -0.2) is 65.3 Å². The Labute approximate surface area is 98.8 Å². The lowest BCUT2D eigenvalue weighted by molar-refractivity contribution is -0.509. The van der Waals surface area contributed by atoms with Crippen LogP contribution in [-0.2, 0) is 9.59 Å². The topological polar surface area (TPSA) is 60.7 Å². The third-order valence-corrected chi connectivity index (χ3v) is 3.14. The van der Waals surface area contributed by atoms with Gasteiger partial charge in [-0.05, 0) is 12.8 Å². The van der Waals surface area contributed by atoms with Crippen molar-refractivity contribution in [1.29, 1.82) is 0 Å². The summed E-state index contributed by atoms with van der Waals surface area (Å²) in [5.74, 6) is 1.48. The molecule has 0 aromatic rings. The van der Waals surface area contributed by atoms with Gasteiger partial charge in [-0.3, -0.25) is 9.37 Å². The summed E-state index contributed by atoms with van der Waals surface area (Å²) in [7, 11) is 2.93. The molecule has 0 aromatic heterocycles. The zero-order valence-electron chi connectivity index (χ0n) is 9.89. The Morgan fingerprint density at radius 3 is 2.24 bits per heavy atom. The van der Waals surface area contributed by atoms with Crippen LogP contribution in [0.25, 0.3) is 0 Å². The number of nitrogens with zero attached hydrogens (tertiary/aromatic N) is 3. The highest BCUT2D eigenvalue weighted by Crippen LogP contribution is 2.15. The Morgan fingerprint density at radius 1 is 1.12 bits per heavy atom. The summed E-state index contributed by atoms with van der Waals surface area (Å²) in [4.78, 5) is 36.8. The van der Waals surface area contributed by atoms with Gasteiger partial charge in [-0.1, -0.05) is 0 Å². The van der Waals surface area contributed by atoms with Crippen LogP contribution >= 0.6 is 0 Å². The first-order valence-corrected chi connectivity index (χ1v) is 5.51. The van der Waals surface area contributed by atoms with Gasteiger partial charge in [0.1, 0.15) is 5.94 Å². The van der Waals surface area contributed by atoms with E-state index in [-0.39, 0.29) is 5.57 Å². The van der Waals surface area contributed by atoms with Crippen molar-refractivity contribution in [2.45, 2.75) is 12.8 Å². The molecule has 17 heavy (non-hydrogen) atoms. The van der Waals surface area contributed by atoms with Gasteiger partial charge in [0.15, 0.2) is 0 Å². The summed E-state index contributed by atoms with van der Waals surface area (Å²) >= 11 is 0. The van der Waals surface area contributed by atoms with E-state index in [1.807, 2.05) is 4.58 Å². The van der Waals surface area contributed by atoms with Crippen LogP contribution in [0.5, 0.6) is 0 Å². The minimum Gasteiger partial charge on any atom is -0.267 e. The summed E-state index contributed by atoms with van der Waals surface area (Å²) in [6.07, 6.45) is 2.00. The van der Waals surface area contributed by atoms with Gasteiger partial charge in [0.25, 0.3) is 5.91 Å². The van der Waals surface area contributed by atoms with Crippen molar-refractivity contribution in [2.75, 3.05) is 27.2 Å². The molecule has 2 rings (SSSR count). The number of urea groups is 1. The molecule has 2 aliphatic heterocycles. The third-order valence-electron chi connectivity index (χ3n) is 3.14. The molecule has 0 N–H and O–H groups in total. The number of hydrogen-bond acceptors (Lipinski definition) is 3. The maximum absolute atomic E-state index is 11.8. The maximum atomic E-state index is 11.8. The molecule has 0 aromatic carbocycles. The van der Waals surface area contributed by atoms with E-state index in [1.165, 1.54) is 11.9 Å². The Hall–Kier alpha value is -1.94. The molecule has 0 bridgehead atoms. The second-order valence-electron chi connectivity index (χ2n) is 4.20. The third kappa shape index (κ3) is 1.66. The van der Waals surface area contributed by atoms with E-state index in [0.29, 0.717) is 5.84 Å². The van der Waals surface area contributed by atoms with Crippen molar-refractivity contribution >= 4 is 23.7 Å². The monoisotopic (exact) mass is 236 g/mol. The van der Waals surface area contributed by atoms with Crippen LogP contribution in [0.1, 0.15) is 12.8 Å². The molecule has 0 unspecified atom stereocenters. The molecular formula is C11H14N3O3+. The van der Waals surface area contributed by atoms with E-state index in [0.717, 1.165) is 30.8 Å². The van der Waals surface area contributed by atoms with Crippen LogP contribution in [0.15, 0.2) is 5.57 Å². The quantitative estimate of drug-likeness (QED) is 0.323. The average molecular weight is 236 g/mol. The number of likely N-dealkylation sites (N-methyl/N-ethyl adjacent to an activating group) is 2. The second kappa shape index (κ2) is 4.14. The Bertz CT molecular complexity index is 466. The van der Waals surface area contributed by atoms with Crippen molar-refractivity contribution < 1.29 is 19.0 Å². The summed E-state index contributed by atoms with van der Waals surface area (Å²) in [6.45, 7) is 1.52. The van der Waals surface area contributed by atoms with E-state index in [2.05, 4.69) is 0 Å². The maximum Gasteiger partial charge on any atom is 0.417 e. The van der Waals surface area contributed by atoms with Gasteiger partial charge in [0.05, 0.1) is 20.1 Å². The highest BCUT2D eigenvalue weighted by atomic mass is 16.2. The molecule has 0 atom stereocenters. The van der Waals surface area contributed by atoms with Crippen LogP contribution in [0, 0.1) is 0 Å². The van der Waals surface area contributed by atoms with Crippen molar-refractivity contribution in [3.05, 3.63) is 5.57 Å². The Morgan fingerprint density at radius 2 is 1.71 bits per heavy atom. The van der Waals surface area contributed by atoms with Crippen molar-refractivity contribution in [3.63, 3.8) is 0 Å². The lowest BCUT2D eigenvalue weighted by Gasteiger charge is -2.25. The van der Waals surface area contributed by atoms with Gasteiger partial charge >= 0.3 is 11.9 Å². The molecule has 0 saturated carbocycles. The van der Waals surface area contributed by atoms with Crippen molar-refractivity contribution in [1.82, 2.24) is 9.80 Å². The summed E-state index contributed by atoms with van der Waals surface area (Å²) in [6, 6.07) is -0.420. The van der Waals surface area contributed by atoms with Crippen molar-refractivity contribution in [2.24, 2.45) is 0 Å². The normalized spacial score (nSPS) is 21.4. The lowest BCUT2D eigenvalue weighted by Crippen LogP contribution is -2.55. The summed E-state index contributed by atoms with van der Waals surface area (Å²) in [5, 5.41) is 0. The lowest BCUT2D eigenvalue weighted by atomic mass is 10.1. The van der Waals surface area contributed by atoms with Gasteiger partial charge in [-0.15, -0.1) is 0 Å². The number of carbonyl (C=O) groups is 2. The smallest absolute Gasteiger partial charge is 0.267 e. The molecule has 90 valence electrons. The minimum atomic E-state index is -0.579. The zero-order valence-corrected chi connectivity index (χ0v) is 9.89. The van der Waals surface area contributed by atoms with Gasteiger partial charge in [0.2, 0.25) is 5.57 Å². The van der Waals surface area contributed by atoms with Crippen LogP contribution in [0.2, 0.25) is 0 Å². The predicted octanol–water partition coefficient (Wildman–Crippen LogP) is -0.527. The predicted molar refractivity (Wildman–Crippen MR) is 59.4 cm³/mol. The van der Waals surface area contributed by atoms with Crippen LogP contribution in [0.4, 0.5) is 4.79 Å². The number of imide groups is 1. The molecule has 6 heteroatoms. The molecule has 0 spiro atoms. The fourth-order valence-corrected chi connectivity index (χ4v) is 2.22. The van der Waals surface area contributed by atoms with E-state index >= 15 is 0 Å². The summed E-state index contributed by atoms with van der Waals surface area (Å²) < 4.78 is 1.89. The first-order valence-electron chi connectivity index (χ1n) is 5.51. The number of amides is 3. The number of amidine groups is 1. The SMILES string of the molecule is CN1C(=O)C(=C=O)C(=[N+]2CCCC2)N(C)C1=O. The number of rotatable bonds is 0. The highest BCUT2D eigenvalue weighted by Gasteiger charge is 2.45. The van der Waals surface area contributed by atoms with Gasteiger partial charge < -0.3 is 0 Å². The molecule has 2 fully saturated rings. The largest absolute Gasteiger partial charge is 0.417 e. The van der Waals surface area contributed by atoms with Gasteiger partial charge in [-0.25, -0.2) is 14.5 Å². The van der Waals surface area contributed by atoms with E-state index in [1.54, 1.807) is 13.0 Å². The average Bonchev–Trinajstić information content (AvgIpc) is 2.84. The van der Waals surface area contributed by atoms with Gasteiger partial charge in [0, 0.05) is 7.05 Å². The minimum absolute atomic E-state index is 0.0588.